The normalized spacial score (nSPS) is 12.5. The first kappa shape index (κ1) is 13.7. The van der Waals surface area contributed by atoms with Crippen molar-refractivity contribution >= 4 is 24.2 Å². The smallest absolute Gasteiger partial charge is 0.123 e. The molecule has 1 aromatic carbocycles. The van der Waals surface area contributed by atoms with E-state index in [0.29, 0.717) is 5.92 Å². The zero-order valence-corrected chi connectivity index (χ0v) is 11.5. The van der Waals surface area contributed by atoms with E-state index in [2.05, 4.69) is 19.6 Å². The summed E-state index contributed by atoms with van der Waals surface area (Å²) in [6.45, 7) is 5.00. The van der Waals surface area contributed by atoms with Gasteiger partial charge in [0.2, 0.25) is 0 Å². The first-order chi connectivity index (χ1) is 7.63. The van der Waals surface area contributed by atoms with Crippen molar-refractivity contribution in [2.45, 2.75) is 26.7 Å². The first-order valence-corrected chi connectivity index (χ1v) is 6.64. The Balaban J connectivity index is 2.39. The van der Waals surface area contributed by atoms with E-state index in [0.717, 1.165) is 41.5 Å². The van der Waals surface area contributed by atoms with Crippen LogP contribution in [-0.4, -0.2) is 12.4 Å². The van der Waals surface area contributed by atoms with Gasteiger partial charge in [-0.2, -0.15) is 12.6 Å². The molecule has 1 atom stereocenters. The summed E-state index contributed by atoms with van der Waals surface area (Å²) >= 11 is 10.1. The number of rotatable bonds is 6. The van der Waals surface area contributed by atoms with Crippen molar-refractivity contribution in [2.75, 3.05) is 12.4 Å². The molecule has 1 aromatic rings. The number of benzene rings is 1. The molecule has 0 radical (unpaired) electrons. The van der Waals surface area contributed by atoms with Crippen LogP contribution in [0.2, 0.25) is 5.02 Å². The Morgan fingerprint density at radius 3 is 2.81 bits per heavy atom. The van der Waals surface area contributed by atoms with Crippen molar-refractivity contribution in [1.29, 1.82) is 0 Å². The highest BCUT2D eigenvalue weighted by molar-refractivity contribution is 7.80. The molecule has 0 spiro atoms. The SMILES string of the molecule is Cc1ccc(Cl)cc1OCCC(C)CCS. The summed E-state index contributed by atoms with van der Waals surface area (Å²) in [4.78, 5) is 0. The van der Waals surface area contributed by atoms with Gasteiger partial charge >= 0.3 is 0 Å². The summed E-state index contributed by atoms with van der Waals surface area (Å²) < 4.78 is 5.73. The topological polar surface area (TPSA) is 9.23 Å². The molecule has 16 heavy (non-hydrogen) atoms. The van der Waals surface area contributed by atoms with Gasteiger partial charge in [-0.3, -0.25) is 0 Å². The van der Waals surface area contributed by atoms with Gasteiger partial charge in [-0.05, 0) is 49.1 Å². The van der Waals surface area contributed by atoms with Gasteiger partial charge in [0.05, 0.1) is 6.61 Å². The quantitative estimate of drug-likeness (QED) is 0.746. The van der Waals surface area contributed by atoms with Gasteiger partial charge in [-0.25, -0.2) is 0 Å². The Hall–Kier alpha value is -0.340. The Labute approximate surface area is 109 Å². The second kappa shape index (κ2) is 7.08. The molecule has 0 saturated carbocycles. The minimum absolute atomic E-state index is 0.664. The second-order valence-electron chi connectivity index (χ2n) is 4.16. The molecule has 0 aromatic heterocycles. The molecule has 0 aliphatic heterocycles. The summed E-state index contributed by atoms with van der Waals surface area (Å²) in [7, 11) is 0. The van der Waals surface area contributed by atoms with Crippen LogP contribution in [-0.2, 0) is 0 Å². The number of ether oxygens (including phenoxy) is 1. The fraction of sp³-hybridized carbons (Fsp3) is 0.538. The van der Waals surface area contributed by atoms with Crippen LogP contribution in [0.25, 0.3) is 0 Å². The van der Waals surface area contributed by atoms with Crippen LogP contribution in [0.3, 0.4) is 0 Å². The highest BCUT2D eigenvalue weighted by Gasteiger charge is 2.03. The van der Waals surface area contributed by atoms with Crippen molar-refractivity contribution in [3.63, 3.8) is 0 Å². The summed E-state index contributed by atoms with van der Waals surface area (Å²) in [5.41, 5.74) is 1.13. The molecule has 1 nitrogen and oxygen atoms in total. The van der Waals surface area contributed by atoms with Gasteiger partial charge in [0.25, 0.3) is 0 Å². The van der Waals surface area contributed by atoms with Crippen molar-refractivity contribution < 1.29 is 4.74 Å². The molecule has 3 heteroatoms. The number of thiol groups is 1. The van der Waals surface area contributed by atoms with E-state index in [1.165, 1.54) is 0 Å². The molecule has 0 saturated heterocycles. The molecule has 1 unspecified atom stereocenters. The van der Waals surface area contributed by atoms with Crippen molar-refractivity contribution in [3.05, 3.63) is 28.8 Å². The van der Waals surface area contributed by atoms with E-state index < -0.39 is 0 Å². The highest BCUT2D eigenvalue weighted by atomic mass is 35.5. The van der Waals surface area contributed by atoms with E-state index in [-0.39, 0.29) is 0 Å². The fourth-order valence-corrected chi connectivity index (χ4v) is 2.07. The van der Waals surface area contributed by atoms with E-state index >= 15 is 0 Å². The van der Waals surface area contributed by atoms with Crippen LogP contribution in [0.15, 0.2) is 18.2 Å². The van der Waals surface area contributed by atoms with E-state index in [1.807, 2.05) is 25.1 Å². The van der Waals surface area contributed by atoms with Crippen molar-refractivity contribution in [3.8, 4) is 5.75 Å². The maximum Gasteiger partial charge on any atom is 0.123 e. The zero-order chi connectivity index (χ0) is 12.0. The first-order valence-electron chi connectivity index (χ1n) is 5.63. The van der Waals surface area contributed by atoms with E-state index in [9.17, 15) is 0 Å². The third kappa shape index (κ3) is 4.67. The average Bonchev–Trinajstić information content (AvgIpc) is 2.23. The molecule has 0 fully saturated rings. The molecule has 0 aliphatic rings. The van der Waals surface area contributed by atoms with Crippen LogP contribution in [0, 0.1) is 12.8 Å². The van der Waals surface area contributed by atoms with E-state index in [4.69, 9.17) is 16.3 Å². The van der Waals surface area contributed by atoms with Crippen molar-refractivity contribution in [1.82, 2.24) is 0 Å². The van der Waals surface area contributed by atoms with Gasteiger partial charge in [0.1, 0.15) is 5.75 Å². The van der Waals surface area contributed by atoms with Crippen molar-refractivity contribution in [2.24, 2.45) is 5.92 Å². The van der Waals surface area contributed by atoms with Gasteiger partial charge in [-0.1, -0.05) is 24.6 Å². The average molecular weight is 259 g/mol. The second-order valence-corrected chi connectivity index (χ2v) is 5.05. The van der Waals surface area contributed by atoms with Crippen LogP contribution in [0.1, 0.15) is 25.3 Å². The standard InChI is InChI=1S/C13H19ClOS/c1-10(6-8-16)5-7-15-13-9-12(14)4-3-11(13)2/h3-4,9-10,16H,5-8H2,1-2H3. The van der Waals surface area contributed by atoms with Gasteiger partial charge in [0, 0.05) is 5.02 Å². The molecule has 0 amide bonds. The Morgan fingerprint density at radius 2 is 2.12 bits per heavy atom. The number of hydrogen-bond donors (Lipinski definition) is 1. The van der Waals surface area contributed by atoms with E-state index in [1.54, 1.807) is 0 Å². The van der Waals surface area contributed by atoms with Gasteiger partial charge in [0.15, 0.2) is 0 Å². The summed E-state index contributed by atoms with van der Waals surface area (Å²) in [6, 6.07) is 5.74. The van der Waals surface area contributed by atoms with Gasteiger partial charge in [-0.15, -0.1) is 0 Å². The Bertz CT molecular complexity index is 328. The highest BCUT2D eigenvalue weighted by Crippen LogP contribution is 2.23. The van der Waals surface area contributed by atoms with Crippen LogP contribution in [0.4, 0.5) is 0 Å². The Morgan fingerprint density at radius 1 is 1.38 bits per heavy atom. The minimum atomic E-state index is 0.664. The maximum absolute atomic E-state index is 5.92. The summed E-state index contributed by atoms with van der Waals surface area (Å²) in [6.07, 6.45) is 2.20. The van der Waals surface area contributed by atoms with Crippen LogP contribution >= 0.6 is 24.2 Å². The lowest BCUT2D eigenvalue weighted by Crippen LogP contribution is -2.05. The third-order valence-electron chi connectivity index (χ3n) is 2.64. The Kier molecular flexibility index (Phi) is 6.07. The van der Waals surface area contributed by atoms with Gasteiger partial charge < -0.3 is 4.74 Å². The molecule has 0 aliphatic carbocycles. The molecule has 0 heterocycles. The minimum Gasteiger partial charge on any atom is -0.493 e. The number of aryl methyl sites for hydroxylation is 1. The zero-order valence-electron chi connectivity index (χ0n) is 9.87. The fourth-order valence-electron chi connectivity index (χ4n) is 1.46. The molecular weight excluding hydrogens is 240 g/mol. The van der Waals surface area contributed by atoms with Crippen LogP contribution in [0.5, 0.6) is 5.75 Å². The molecule has 90 valence electrons. The monoisotopic (exact) mass is 258 g/mol. The lowest BCUT2D eigenvalue weighted by Gasteiger charge is -2.12. The number of halogens is 1. The number of hydrogen-bond acceptors (Lipinski definition) is 2. The molecule has 0 bridgehead atoms. The molecule has 0 N–H and O–H groups in total. The molecular formula is C13H19ClOS. The maximum atomic E-state index is 5.92. The lowest BCUT2D eigenvalue weighted by molar-refractivity contribution is 0.280. The molecule has 1 rings (SSSR count). The predicted molar refractivity (Wildman–Crippen MR) is 73.9 cm³/mol. The summed E-state index contributed by atoms with van der Waals surface area (Å²) in [5.74, 6) is 2.50. The lowest BCUT2D eigenvalue weighted by atomic mass is 10.1. The third-order valence-corrected chi connectivity index (χ3v) is 3.13. The predicted octanol–water partition coefficient (Wildman–Crippen LogP) is 4.37. The summed E-state index contributed by atoms with van der Waals surface area (Å²) in [5, 5.41) is 0.726. The van der Waals surface area contributed by atoms with Crippen LogP contribution < -0.4 is 4.74 Å². The largest absolute Gasteiger partial charge is 0.493 e.